The summed E-state index contributed by atoms with van der Waals surface area (Å²) in [7, 11) is 0. The first-order chi connectivity index (χ1) is 7.04. The van der Waals surface area contributed by atoms with Crippen molar-refractivity contribution in [1.82, 2.24) is 9.78 Å². The van der Waals surface area contributed by atoms with Crippen molar-refractivity contribution in [3.8, 4) is 0 Å². The number of aliphatic hydroxyl groups is 1. The number of rotatable bonds is 4. The van der Waals surface area contributed by atoms with Crippen molar-refractivity contribution in [3.05, 3.63) is 18.0 Å². The van der Waals surface area contributed by atoms with Crippen LogP contribution >= 0.6 is 0 Å². The molecule has 0 amide bonds. The van der Waals surface area contributed by atoms with Gasteiger partial charge in [-0.25, -0.2) is 0 Å². The zero-order valence-electron chi connectivity index (χ0n) is 9.77. The first-order valence-electron chi connectivity index (χ1n) is 5.75. The van der Waals surface area contributed by atoms with Crippen LogP contribution in [-0.2, 0) is 12.0 Å². The standard InChI is InChI=1S/C12H20N2O/c1-9(2)7-14-8-11(6-13-14)12(4-5-12)10(3)15/h6,8-10,15H,4-5,7H2,1-3H3. The third-order valence-corrected chi connectivity index (χ3v) is 3.35. The Morgan fingerprint density at radius 3 is 2.60 bits per heavy atom. The van der Waals surface area contributed by atoms with Crippen molar-refractivity contribution in [3.63, 3.8) is 0 Å². The third kappa shape index (κ3) is 1.93. The average molecular weight is 208 g/mol. The summed E-state index contributed by atoms with van der Waals surface area (Å²) in [5, 5.41) is 14.1. The minimum absolute atomic E-state index is 0.0230. The van der Waals surface area contributed by atoms with E-state index in [1.54, 1.807) is 0 Å². The highest BCUT2D eigenvalue weighted by Crippen LogP contribution is 2.50. The Hall–Kier alpha value is -0.830. The number of hydrogen-bond acceptors (Lipinski definition) is 2. The largest absolute Gasteiger partial charge is 0.392 e. The van der Waals surface area contributed by atoms with Crippen LogP contribution in [0.1, 0.15) is 39.2 Å². The first kappa shape index (κ1) is 10.7. The number of aliphatic hydroxyl groups excluding tert-OH is 1. The molecule has 0 saturated heterocycles. The van der Waals surface area contributed by atoms with E-state index in [9.17, 15) is 5.11 Å². The molecule has 1 aliphatic carbocycles. The van der Waals surface area contributed by atoms with Crippen LogP contribution in [0.5, 0.6) is 0 Å². The van der Waals surface area contributed by atoms with E-state index in [2.05, 4.69) is 25.1 Å². The van der Waals surface area contributed by atoms with E-state index in [0.717, 1.165) is 19.4 Å². The highest BCUT2D eigenvalue weighted by molar-refractivity contribution is 5.28. The normalized spacial score (nSPS) is 20.6. The lowest BCUT2D eigenvalue weighted by atomic mass is 9.94. The van der Waals surface area contributed by atoms with Crippen LogP contribution in [0.3, 0.4) is 0 Å². The maximum atomic E-state index is 9.75. The van der Waals surface area contributed by atoms with Gasteiger partial charge in [-0.1, -0.05) is 13.8 Å². The fourth-order valence-electron chi connectivity index (χ4n) is 2.18. The van der Waals surface area contributed by atoms with Gasteiger partial charge >= 0.3 is 0 Å². The predicted molar refractivity (Wildman–Crippen MR) is 59.7 cm³/mol. The van der Waals surface area contributed by atoms with Crippen LogP contribution in [0.15, 0.2) is 12.4 Å². The average Bonchev–Trinajstić information content (AvgIpc) is 2.83. The van der Waals surface area contributed by atoms with Crippen LogP contribution in [-0.4, -0.2) is 21.0 Å². The maximum absolute atomic E-state index is 9.75. The molecule has 3 nitrogen and oxygen atoms in total. The van der Waals surface area contributed by atoms with E-state index >= 15 is 0 Å². The van der Waals surface area contributed by atoms with Crippen LogP contribution in [0.4, 0.5) is 0 Å². The molecule has 0 aromatic carbocycles. The number of nitrogens with zero attached hydrogens (tertiary/aromatic N) is 2. The van der Waals surface area contributed by atoms with Crippen molar-refractivity contribution in [2.45, 2.75) is 51.7 Å². The van der Waals surface area contributed by atoms with Gasteiger partial charge in [-0.2, -0.15) is 5.10 Å². The molecule has 1 heterocycles. The molecular weight excluding hydrogens is 188 g/mol. The zero-order chi connectivity index (χ0) is 11.1. The van der Waals surface area contributed by atoms with Gasteiger partial charge in [0.1, 0.15) is 0 Å². The Labute approximate surface area is 91.1 Å². The SMILES string of the molecule is CC(C)Cn1cc(C2(C(C)O)CC2)cn1. The lowest BCUT2D eigenvalue weighted by Crippen LogP contribution is -2.21. The minimum Gasteiger partial charge on any atom is -0.392 e. The van der Waals surface area contributed by atoms with E-state index < -0.39 is 0 Å². The van der Waals surface area contributed by atoms with Crippen molar-refractivity contribution in [2.24, 2.45) is 5.92 Å². The molecular formula is C12H20N2O. The molecule has 1 aromatic heterocycles. The van der Waals surface area contributed by atoms with Crippen LogP contribution in [0.2, 0.25) is 0 Å². The molecule has 1 aromatic rings. The molecule has 1 unspecified atom stereocenters. The molecule has 0 spiro atoms. The predicted octanol–water partition coefficient (Wildman–Crippen LogP) is 1.95. The van der Waals surface area contributed by atoms with Crippen molar-refractivity contribution >= 4 is 0 Å². The second kappa shape index (κ2) is 3.63. The van der Waals surface area contributed by atoms with E-state index in [1.165, 1.54) is 5.56 Å². The maximum Gasteiger partial charge on any atom is 0.0609 e. The molecule has 3 heteroatoms. The van der Waals surface area contributed by atoms with Crippen LogP contribution < -0.4 is 0 Å². The molecule has 1 aliphatic rings. The van der Waals surface area contributed by atoms with Crippen LogP contribution in [0.25, 0.3) is 0 Å². The van der Waals surface area contributed by atoms with Gasteiger partial charge in [0.15, 0.2) is 0 Å². The minimum atomic E-state index is -0.255. The van der Waals surface area contributed by atoms with Gasteiger partial charge in [0.25, 0.3) is 0 Å². The molecule has 1 fully saturated rings. The molecule has 0 bridgehead atoms. The highest BCUT2D eigenvalue weighted by Gasteiger charge is 2.49. The van der Waals surface area contributed by atoms with E-state index in [-0.39, 0.29) is 11.5 Å². The van der Waals surface area contributed by atoms with Gasteiger partial charge in [-0.05, 0) is 31.2 Å². The number of aromatic nitrogens is 2. The first-order valence-corrected chi connectivity index (χ1v) is 5.75. The zero-order valence-corrected chi connectivity index (χ0v) is 9.77. The summed E-state index contributed by atoms with van der Waals surface area (Å²) in [5.41, 5.74) is 1.23. The third-order valence-electron chi connectivity index (χ3n) is 3.35. The molecule has 1 N–H and O–H groups in total. The molecule has 2 rings (SSSR count). The van der Waals surface area contributed by atoms with E-state index in [4.69, 9.17) is 0 Å². The van der Waals surface area contributed by atoms with Gasteiger partial charge in [-0.3, -0.25) is 4.68 Å². The van der Waals surface area contributed by atoms with Crippen molar-refractivity contribution in [2.75, 3.05) is 0 Å². The number of hydrogen-bond donors (Lipinski definition) is 1. The van der Waals surface area contributed by atoms with Gasteiger partial charge in [0.05, 0.1) is 12.3 Å². The van der Waals surface area contributed by atoms with Crippen LogP contribution in [0, 0.1) is 5.92 Å². The summed E-state index contributed by atoms with van der Waals surface area (Å²) >= 11 is 0. The second-order valence-electron chi connectivity index (χ2n) is 5.18. The van der Waals surface area contributed by atoms with Gasteiger partial charge in [-0.15, -0.1) is 0 Å². The second-order valence-corrected chi connectivity index (χ2v) is 5.18. The van der Waals surface area contributed by atoms with Crippen molar-refractivity contribution in [1.29, 1.82) is 0 Å². The van der Waals surface area contributed by atoms with E-state index in [1.807, 2.05) is 17.8 Å². The van der Waals surface area contributed by atoms with Gasteiger partial charge in [0, 0.05) is 18.2 Å². The molecule has 15 heavy (non-hydrogen) atoms. The fraction of sp³-hybridized carbons (Fsp3) is 0.750. The Kier molecular flexibility index (Phi) is 2.59. The molecule has 0 aliphatic heterocycles. The summed E-state index contributed by atoms with van der Waals surface area (Å²) in [5.74, 6) is 0.611. The smallest absolute Gasteiger partial charge is 0.0609 e. The van der Waals surface area contributed by atoms with Crippen molar-refractivity contribution < 1.29 is 5.11 Å². The monoisotopic (exact) mass is 208 g/mol. The van der Waals surface area contributed by atoms with Gasteiger partial charge in [0.2, 0.25) is 0 Å². The summed E-state index contributed by atoms with van der Waals surface area (Å²) in [6, 6.07) is 0. The summed E-state index contributed by atoms with van der Waals surface area (Å²) in [4.78, 5) is 0. The van der Waals surface area contributed by atoms with Gasteiger partial charge < -0.3 is 5.11 Å². The highest BCUT2D eigenvalue weighted by atomic mass is 16.3. The summed E-state index contributed by atoms with van der Waals surface area (Å²) in [6.07, 6.45) is 5.95. The Morgan fingerprint density at radius 2 is 2.13 bits per heavy atom. The lowest BCUT2D eigenvalue weighted by Gasteiger charge is -2.16. The molecule has 0 radical (unpaired) electrons. The fourth-order valence-corrected chi connectivity index (χ4v) is 2.18. The topological polar surface area (TPSA) is 38.0 Å². The molecule has 1 saturated carbocycles. The summed E-state index contributed by atoms with van der Waals surface area (Å²) in [6.45, 7) is 7.20. The molecule has 84 valence electrons. The molecule has 1 atom stereocenters. The Morgan fingerprint density at radius 1 is 1.47 bits per heavy atom. The summed E-state index contributed by atoms with van der Waals surface area (Å²) < 4.78 is 1.99. The van der Waals surface area contributed by atoms with E-state index in [0.29, 0.717) is 5.92 Å². The Bertz CT molecular complexity index is 337. The quantitative estimate of drug-likeness (QED) is 0.821. The lowest BCUT2D eigenvalue weighted by molar-refractivity contribution is 0.150. The Balaban J connectivity index is 2.14.